The van der Waals surface area contributed by atoms with E-state index in [2.05, 4.69) is 62.1 Å². The number of benzene rings is 2. The van der Waals surface area contributed by atoms with Crippen molar-refractivity contribution in [3.8, 4) is 0 Å². The van der Waals surface area contributed by atoms with E-state index in [4.69, 9.17) is 11.8 Å². The number of aryl methyl sites for hydroxylation is 1. The van der Waals surface area contributed by atoms with E-state index in [1.807, 2.05) is 6.07 Å². The van der Waals surface area contributed by atoms with Crippen LogP contribution in [0.15, 0.2) is 54.6 Å². The summed E-state index contributed by atoms with van der Waals surface area (Å²) in [5.41, 5.74) is 1.30. The Bertz CT molecular complexity index is 531. The lowest BCUT2D eigenvalue weighted by atomic mass is 10.2. The van der Waals surface area contributed by atoms with Crippen molar-refractivity contribution >= 4 is 28.5 Å². The van der Waals surface area contributed by atoms with Crippen LogP contribution in [0.3, 0.4) is 0 Å². The third kappa shape index (κ3) is 2.11. The Balaban J connectivity index is 2.56. The first-order valence-corrected chi connectivity index (χ1v) is 8.56. The van der Waals surface area contributed by atoms with Gasteiger partial charge >= 0.3 is 0 Å². The molecule has 0 bridgehead atoms. The summed E-state index contributed by atoms with van der Waals surface area (Å²) in [7, 11) is 0. The summed E-state index contributed by atoms with van der Waals surface area (Å²) in [6, 6.07) is 17.3. The molecular formula is C14H15PS. The van der Waals surface area contributed by atoms with Gasteiger partial charge < -0.3 is 0 Å². The van der Waals surface area contributed by atoms with Gasteiger partial charge in [0.1, 0.15) is 0 Å². The molecule has 0 nitrogen and oxygen atoms in total. The average Bonchev–Trinajstić information content (AvgIpc) is 2.30. The van der Waals surface area contributed by atoms with Crippen molar-refractivity contribution in [2.24, 2.45) is 0 Å². The first-order chi connectivity index (χ1) is 7.62. The SMILES string of the molecule is Cc1ccccc1[P@](C)(=S)c1ccccc1. The van der Waals surface area contributed by atoms with Gasteiger partial charge in [0.2, 0.25) is 0 Å². The molecule has 0 aromatic heterocycles. The van der Waals surface area contributed by atoms with Gasteiger partial charge in [0.15, 0.2) is 0 Å². The summed E-state index contributed by atoms with van der Waals surface area (Å²) in [6.07, 6.45) is 0. The van der Waals surface area contributed by atoms with Crippen LogP contribution < -0.4 is 10.6 Å². The van der Waals surface area contributed by atoms with Gasteiger partial charge in [-0.2, -0.15) is 0 Å². The van der Waals surface area contributed by atoms with Crippen LogP contribution in [-0.2, 0) is 11.8 Å². The molecule has 0 saturated heterocycles. The molecule has 0 N–H and O–H groups in total. The molecule has 82 valence electrons. The van der Waals surface area contributed by atoms with Crippen molar-refractivity contribution in [2.45, 2.75) is 6.92 Å². The maximum Gasteiger partial charge on any atom is 0.00787 e. The first-order valence-electron chi connectivity index (χ1n) is 5.32. The fraction of sp³-hybridized carbons (Fsp3) is 0.143. The summed E-state index contributed by atoms with van der Waals surface area (Å²) in [5.74, 6) is 0. The quantitative estimate of drug-likeness (QED) is 0.734. The highest BCUT2D eigenvalue weighted by atomic mass is 32.4. The van der Waals surface area contributed by atoms with Crippen LogP contribution in [0, 0.1) is 6.92 Å². The Morgan fingerprint density at radius 3 is 2.06 bits per heavy atom. The number of hydrogen-bond acceptors (Lipinski definition) is 1. The van der Waals surface area contributed by atoms with Gasteiger partial charge in [0.05, 0.1) is 0 Å². The van der Waals surface area contributed by atoms with E-state index < -0.39 is 6.04 Å². The molecule has 0 fully saturated rings. The van der Waals surface area contributed by atoms with Gasteiger partial charge in [-0.05, 0) is 29.8 Å². The van der Waals surface area contributed by atoms with Gasteiger partial charge in [0.25, 0.3) is 0 Å². The smallest absolute Gasteiger partial charge is 0.00787 e. The summed E-state index contributed by atoms with van der Waals surface area (Å²) in [4.78, 5) is 0. The molecule has 2 rings (SSSR count). The van der Waals surface area contributed by atoms with E-state index in [0.717, 1.165) is 0 Å². The topological polar surface area (TPSA) is 0 Å². The van der Waals surface area contributed by atoms with Crippen molar-refractivity contribution < 1.29 is 0 Å². The normalized spacial score (nSPS) is 14.4. The van der Waals surface area contributed by atoms with Gasteiger partial charge in [-0.1, -0.05) is 66.4 Å². The molecule has 0 saturated carbocycles. The zero-order chi connectivity index (χ0) is 11.6. The molecule has 0 aliphatic carbocycles. The third-order valence-electron chi connectivity index (χ3n) is 2.82. The molecule has 0 aliphatic heterocycles. The van der Waals surface area contributed by atoms with E-state index in [1.54, 1.807) is 0 Å². The van der Waals surface area contributed by atoms with Crippen LogP contribution in [-0.4, -0.2) is 6.66 Å². The second kappa shape index (κ2) is 4.53. The van der Waals surface area contributed by atoms with Crippen LogP contribution in [0.1, 0.15) is 5.56 Å². The molecule has 16 heavy (non-hydrogen) atoms. The molecule has 1 atom stereocenters. The highest BCUT2D eigenvalue weighted by Gasteiger charge is 2.17. The molecule has 2 aromatic rings. The van der Waals surface area contributed by atoms with Crippen molar-refractivity contribution in [3.05, 3.63) is 60.2 Å². The minimum atomic E-state index is -1.60. The van der Waals surface area contributed by atoms with E-state index in [9.17, 15) is 0 Å². The van der Waals surface area contributed by atoms with Gasteiger partial charge in [-0.15, -0.1) is 0 Å². The standard InChI is InChI=1S/C14H15PS/c1-12-8-6-7-11-14(12)15(2,16)13-9-4-3-5-10-13/h3-11H,1-2H3/t15-/m1/s1. The highest BCUT2D eigenvalue weighted by molar-refractivity contribution is 8.21. The van der Waals surface area contributed by atoms with Crippen LogP contribution >= 0.6 is 6.04 Å². The van der Waals surface area contributed by atoms with Crippen LogP contribution in [0.25, 0.3) is 0 Å². The number of hydrogen-bond donors (Lipinski definition) is 0. The summed E-state index contributed by atoms with van der Waals surface area (Å²) in [6.45, 7) is 4.35. The lowest BCUT2D eigenvalue weighted by Crippen LogP contribution is -2.16. The van der Waals surface area contributed by atoms with E-state index in [1.165, 1.54) is 16.2 Å². The van der Waals surface area contributed by atoms with Crippen molar-refractivity contribution in [3.63, 3.8) is 0 Å². The van der Waals surface area contributed by atoms with Crippen LogP contribution in [0.5, 0.6) is 0 Å². The maximum atomic E-state index is 5.88. The second-order valence-corrected chi connectivity index (χ2v) is 9.08. The van der Waals surface area contributed by atoms with Crippen molar-refractivity contribution in [2.75, 3.05) is 6.66 Å². The Hall–Kier alpha value is -0.910. The molecule has 0 heterocycles. The zero-order valence-electron chi connectivity index (χ0n) is 9.55. The Kier molecular flexibility index (Phi) is 3.28. The molecule has 2 heteroatoms. The molecular weight excluding hydrogens is 231 g/mol. The minimum absolute atomic E-state index is 1.29. The molecule has 2 aromatic carbocycles. The highest BCUT2D eigenvalue weighted by Crippen LogP contribution is 2.39. The Labute approximate surface area is 102 Å². The van der Waals surface area contributed by atoms with E-state index in [0.29, 0.717) is 0 Å². The van der Waals surface area contributed by atoms with Crippen molar-refractivity contribution in [1.29, 1.82) is 0 Å². The number of rotatable bonds is 2. The van der Waals surface area contributed by atoms with Gasteiger partial charge in [0, 0.05) is 6.04 Å². The largest absolute Gasteiger partial charge is 0.0879 e. The molecule has 0 unspecified atom stereocenters. The second-order valence-electron chi connectivity index (χ2n) is 4.05. The fourth-order valence-corrected chi connectivity index (χ4v) is 5.01. The Morgan fingerprint density at radius 2 is 1.44 bits per heavy atom. The monoisotopic (exact) mass is 246 g/mol. The summed E-state index contributed by atoms with van der Waals surface area (Å²) < 4.78 is 0. The molecule has 0 amide bonds. The predicted octanol–water partition coefficient (Wildman–Crippen LogP) is 3.06. The van der Waals surface area contributed by atoms with Crippen LogP contribution in [0.4, 0.5) is 0 Å². The lowest BCUT2D eigenvalue weighted by molar-refractivity contribution is 1.52. The van der Waals surface area contributed by atoms with Crippen molar-refractivity contribution in [1.82, 2.24) is 0 Å². The molecule has 0 radical (unpaired) electrons. The van der Waals surface area contributed by atoms with E-state index >= 15 is 0 Å². The first kappa shape index (κ1) is 11.6. The summed E-state index contributed by atoms with van der Waals surface area (Å²) >= 11 is 5.88. The minimum Gasteiger partial charge on any atom is -0.0879 e. The predicted molar refractivity (Wildman–Crippen MR) is 77.1 cm³/mol. The van der Waals surface area contributed by atoms with Gasteiger partial charge in [-0.3, -0.25) is 0 Å². The van der Waals surface area contributed by atoms with Crippen LogP contribution in [0.2, 0.25) is 0 Å². The lowest BCUT2D eigenvalue weighted by Gasteiger charge is -2.19. The molecule has 0 spiro atoms. The summed E-state index contributed by atoms with van der Waals surface area (Å²) in [5, 5.41) is 2.62. The third-order valence-corrected chi connectivity index (χ3v) is 6.75. The molecule has 0 aliphatic rings. The zero-order valence-corrected chi connectivity index (χ0v) is 11.3. The Morgan fingerprint density at radius 1 is 0.875 bits per heavy atom. The fourth-order valence-electron chi connectivity index (χ4n) is 1.89. The van der Waals surface area contributed by atoms with E-state index in [-0.39, 0.29) is 0 Å². The maximum absolute atomic E-state index is 5.88. The average molecular weight is 246 g/mol. The van der Waals surface area contributed by atoms with Gasteiger partial charge in [-0.25, -0.2) is 0 Å².